The molecule has 219 valence electrons. The summed E-state index contributed by atoms with van der Waals surface area (Å²) in [6.45, 7) is 9.48. The van der Waals surface area contributed by atoms with Crippen LogP contribution in [0.5, 0.6) is 0 Å². The SMILES string of the molecule is CC1(C)c2[c-]c(-c3ccccn3)cc3c2P(c2ccccc21)c1ccccc1C3(C)C.[Ir].[c-]1ccccc1-c1ccccn1. The fourth-order valence-corrected chi connectivity index (χ4v) is 10.1. The van der Waals surface area contributed by atoms with Crippen molar-refractivity contribution in [2.75, 3.05) is 0 Å². The summed E-state index contributed by atoms with van der Waals surface area (Å²) in [5.74, 6) is 0. The molecule has 2 aromatic heterocycles. The zero-order chi connectivity index (χ0) is 29.6. The van der Waals surface area contributed by atoms with Crippen LogP contribution in [0.4, 0.5) is 0 Å². The largest absolute Gasteiger partial charge is 0.305 e. The zero-order valence-corrected chi connectivity index (χ0v) is 28.6. The monoisotopic (exact) mass is 765 g/mol. The molecular weight excluding hydrogens is 732 g/mol. The molecule has 0 fully saturated rings. The van der Waals surface area contributed by atoms with E-state index >= 15 is 0 Å². The first-order chi connectivity index (χ1) is 20.9. The Balaban J connectivity index is 0.000000222. The number of nitrogens with zero attached hydrogens (tertiary/aromatic N) is 2. The molecule has 0 spiro atoms. The molecule has 6 aromatic rings. The second-order valence-electron chi connectivity index (χ2n) is 12.1. The van der Waals surface area contributed by atoms with Crippen LogP contribution in [0.3, 0.4) is 0 Å². The average Bonchev–Trinajstić information content (AvgIpc) is 3.06. The van der Waals surface area contributed by atoms with Gasteiger partial charge in [0, 0.05) is 32.5 Å². The quantitative estimate of drug-likeness (QED) is 0.132. The van der Waals surface area contributed by atoms with Gasteiger partial charge in [0.1, 0.15) is 0 Å². The minimum Gasteiger partial charge on any atom is -0.305 e. The van der Waals surface area contributed by atoms with E-state index in [1.165, 1.54) is 38.2 Å². The normalized spacial score (nSPS) is 16.1. The number of hydrogen-bond acceptors (Lipinski definition) is 2. The van der Waals surface area contributed by atoms with Crippen molar-refractivity contribution in [2.24, 2.45) is 0 Å². The number of benzene rings is 4. The van der Waals surface area contributed by atoms with Gasteiger partial charge in [0.05, 0.1) is 0 Å². The number of hydrogen-bond donors (Lipinski definition) is 0. The van der Waals surface area contributed by atoms with Gasteiger partial charge in [-0.15, -0.1) is 64.7 Å². The Labute approximate surface area is 275 Å². The Morgan fingerprint density at radius 3 is 1.68 bits per heavy atom. The Bertz CT molecular complexity index is 1800. The number of pyridine rings is 2. The molecule has 0 amide bonds. The zero-order valence-electron chi connectivity index (χ0n) is 25.3. The Morgan fingerprint density at radius 1 is 0.568 bits per heavy atom. The fourth-order valence-electron chi connectivity index (χ4n) is 6.52. The summed E-state index contributed by atoms with van der Waals surface area (Å²) < 4.78 is 0. The molecule has 4 heteroatoms. The molecule has 2 nitrogen and oxygen atoms in total. The van der Waals surface area contributed by atoms with Crippen LogP contribution in [0.2, 0.25) is 0 Å². The molecule has 1 atom stereocenters. The number of rotatable bonds is 2. The summed E-state index contributed by atoms with van der Waals surface area (Å²) in [6.07, 6.45) is 3.66. The van der Waals surface area contributed by atoms with Gasteiger partial charge in [0.2, 0.25) is 0 Å². The van der Waals surface area contributed by atoms with E-state index in [2.05, 4.69) is 117 Å². The minimum absolute atomic E-state index is 0. The smallest absolute Gasteiger partial charge is 0.0160 e. The molecule has 44 heavy (non-hydrogen) atoms. The van der Waals surface area contributed by atoms with Crippen molar-refractivity contribution in [3.8, 4) is 22.5 Å². The third-order valence-corrected chi connectivity index (χ3v) is 11.4. The topological polar surface area (TPSA) is 25.8 Å². The van der Waals surface area contributed by atoms with Gasteiger partial charge in [-0.2, -0.15) is 0 Å². The van der Waals surface area contributed by atoms with Crippen LogP contribution in [0.25, 0.3) is 22.5 Å². The van der Waals surface area contributed by atoms with E-state index in [4.69, 9.17) is 0 Å². The van der Waals surface area contributed by atoms with Crippen LogP contribution >= 0.6 is 7.92 Å². The first kappa shape index (κ1) is 30.3. The van der Waals surface area contributed by atoms with Crippen LogP contribution in [0, 0.1) is 12.1 Å². The van der Waals surface area contributed by atoms with Crippen LogP contribution in [-0.4, -0.2) is 9.97 Å². The first-order valence-corrected chi connectivity index (χ1v) is 16.1. The maximum atomic E-state index is 4.67. The molecule has 0 aliphatic carbocycles. The van der Waals surface area contributed by atoms with Crippen LogP contribution in [-0.2, 0) is 30.9 Å². The van der Waals surface area contributed by atoms with Gasteiger partial charge in [0.25, 0.3) is 0 Å². The van der Waals surface area contributed by atoms with Crippen molar-refractivity contribution in [1.29, 1.82) is 0 Å². The second kappa shape index (κ2) is 12.0. The molecule has 8 rings (SSSR count). The third-order valence-electron chi connectivity index (χ3n) is 8.79. The third kappa shape index (κ3) is 5.08. The molecule has 1 unspecified atom stereocenters. The molecule has 2 aliphatic rings. The first-order valence-electron chi connectivity index (χ1n) is 14.8. The number of aromatic nitrogens is 2. The van der Waals surface area contributed by atoms with Gasteiger partial charge < -0.3 is 9.97 Å². The summed E-state index contributed by atoms with van der Waals surface area (Å²) in [6, 6.07) is 47.4. The molecular formula is C40H33IrN2P-2. The van der Waals surface area contributed by atoms with Gasteiger partial charge in [-0.05, 0) is 56.1 Å². The van der Waals surface area contributed by atoms with Gasteiger partial charge in [-0.25, -0.2) is 0 Å². The van der Waals surface area contributed by atoms with Crippen molar-refractivity contribution in [1.82, 2.24) is 9.97 Å². The minimum atomic E-state index is -0.601. The maximum absolute atomic E-state index is 4.67. The number of fused-ring (bicyclic) bond motifs is 4. The molecule has 0 saturated heterocycles. The molecule has 4 aromatic carbocycles. The van der Waals surface area contributed by atoms with Gasteiger partial charge in [-0.1, -0.05) is 114 Å². The molecule has 0 bridgehead atoms. The van der Waals surface area contributed by atoms with Crippen molar-refractivity contribution in [3.05, 3.63) is 162 Å². The predicted molar refractivity (Wildman–Crippen MR) is 180 cm³/mol. The van der Waals surface area contributed by atoms with E-state index < -0.39 is 7.92 Å². The van der Waals surface area contributed by atoms with Crippen molar-refractivity contribution in [3.63, 3.8) is 0 Å². The fraction of sp³-hybridized carbons (Fsp3) is 0.150. The van der Waals surface area contributed by atoms with Gasteiger partial charge in [0.15, 0.2) is 0 Å². The molecule has 0 saturated carbocycles. The molecule has 0 N–H and O–H groups in total. The van der Waals surface area contributed by atoms with Crippen LogP contribution < -0.4 is 15.9 Å². The Hall–Kier alpha value is -3.74. The van der Waals surface area contributed by atoms with Gasteiger partial charge in [-0.3, -0.25) is 0 Å². The van der Waals surface area contributed by atoms with E-state index in [1.807, 2.05) is 54.7 Å². The standard InChI is InChI=1S/C29H25NP.C11H8N.Ir/c1-28(2)20-11-5-7-14-25(20)31-26-15-8-6-12-21(26)29(3,4)23-18-19(17-22(28)27(23)31)24-13-9-10-16-30-24;1-2-6-10(7-3-1)11-8-4-5-9-12-11;/h5-17H,1-4H3;1-6,8-9H;/q2*-1;. The summed E-state index contributed by atoms with van der Waals surface area (Å²) in [5.41, 5.74) is 9.60. The van der Waals surface area contributed by atoms with Gasteiger partial charge >= 0.3 is 0 Å². The summed E-state index contributed by atoms with van der Waals surface area (Å²) in [7, 11) is -0.601. The predicted octanol–water partition coefficient (Wildman–Crippen LogP) is 8.13. The summed E-state index contributed by atoms with van der Waals surface area (Å²) >= 11 is 0. The van der Waals surface area contributed by atoms with Crippen LogP contribution in [0.1, 0.15) is 49.9 Å². The van der Waals surface area contributed by atoms with Crippen molar-refractivity contribution in [2.45, 2.75) is 38.5 Å². The van der Waals surface area contributed by atoms with E-state index in [0.717, 1.165) is 22.5 Å². The Kier molecular flexibility index (Phi) is 8.25. The molecule has 1 radical (unpaired) electrons. The average molecular weight is 765 g/mol. The molecule has 2 aliphatic heterocycles. The van der Waals surface area contributed by atoms with E-state index in [9.17, 15) is 0 Å². The molecule has 4 heterocycles. The van der Waals surface area contributed by atoms with E-state index in [-0.39, 0.29) is 30.9 Å². The van der Waals surface area contributed by atoms with Crippen molar-refractivity contribution < 1.29 is 20.1 Å². The van der Waals surface area contributed by atoms with Crippen LogP contribution in [0.15, 0.2) is 128 Å². The maximum Gasteiger partial charge on any atom is 0.0160 e. The van der Waals surface area contributed by atoms with E-state index in [0.29, 0.717) is 0 Å². The summed E-state index contributed by atoms with van der Waals surface area (Å²) in [5, 5.41) is 4.51. The second-order valence-corrected chi connectivity index (χ2v) is 14.2. The van der Waals surface area contributed by atoms with E-state index in [1.54, 1.807) is 6.20 Å². The Morgan fingerprint density at radius 2 is 1.11 bits per heavy atom. The summed E-state index contributed by atoms with van der Waals surface area (Å²) in [4.78, 5) is 8.89. The van der Waals surface area contributed by atoms with Crippen molar-refractivity contribution >= 4 is 23.8 Å².